The van der Waals surface area contributed by atoms with Crippen molar-refractivity contribution in [2.45, 2.75) is 39.0 Å². The number of aromatic hydroxyl groups is 1. The normalized spacial score (nSPS) is 13.6. The first kappa shape index (κ1) is 11.8. The second-order valence-corrected chi connectivity index (χ2v) is 4.95. The van der Waals surface area contributed by atoms with E-state index >= 15 is 0 Å². The molecular weight excluding hydrogens is 188 g/mol. The molecule has 0 radical (unpaired) electrons. The van der Waals surface area contributed by atoms with Gasteiger partial charge >= 0.3 is 0 Å². The molecule has 15 heavy (non-hydrogen) atoms. The van der Waals surface area contributed by atoms with Gasteiger partial charge in [-0.05, 0) is 17.0 Å². The van der Waals surface area contributed by atoms with E-state index in [2.05, 4.69) is 20.8 Å². The van der Waals surface area contributed by atoms with E-state index in [1.807, 2.05) is 12.1 Å². The zero-order valence-electron chi connectivity index (χ0n) is 9.74. The Hall–Kier alpha value is -1.31. The Labute approximate surface area is 90.9 Å². The predicted molar refractivity (Wildman–Crippen MR) is 61.3 cm³/mol. The van der Waals surface area contributed by atoms with Gasteiger partial charge in [-0.15, -0.1) is 0 Å². The van der Waals surface area contributed by atoms with Gasteiger partial charge in [-0.25, -0.2) is 0 Å². The summed E-state index contributed by atoms with van der Waals surface area (Å²) in [6.45, 7) is 8.10. The van der Waals surface area contributed by atoms with Crippen molar-refractivity contribution < 1.29 is 9.90 Å². The molecule has 1 unspecified atom stereocenters. The van der Waals surface area contributed by atoms with E-state index in [4.69, 9.17) is 0 Å². The lowest BCUT2D eigenvalue weighted by atomic mass is 9.84. The quantitative estimate of drug-likeness (QED) is 0.755. The Morgan fingerprint density at radius 1 is 1.33 bits per heavy atom. The molecule has 2 heteroatoms. The van der Waals surface area contributed by atoms with Crippen LogP contribution in [0.15, 0.2) is 18.2 Å². The number of phenolic OH excluding ortho intramolecular Hbond substituents is 1. The lowest BCUT2D eigenvalue weighted by Crippen LogP contribution is -2.11. The summed E-state index contributed by atoms with van der Waals surface area (Å²) in [5.41, 5.74) is 1.87. The Kier molecular flexibility index (Phi) is 3.18. The number of hydrogen-bond donors (Lipinski definition) is 1. The summed E-state index contributed by atoms with van der Waals surface area (Å²) in [6, 6.07) is 5.47. The zero-order chi connectivity index (χ0) is 11.6. The van der Waals surface area contributed by atoms with Crippen molar-refractivity contribution in [3.8, 4) is 5.75 Å². The minimum atomic E-state index is -0.257. The van der Waals surface area contributed by atoms with E-state index < -0.39 is 0 Å². The molecule has 0 amide bonds. The lowest BCUT2D eigenvalue weighted by Gasteiger charge is -2.21. The monoisotopic (exact) mass is 206 g/mol. The highest BCUT2D eigenvalue weighted by Gasteiger charge is 2.17. The standard InChI is InChI=1S/C13H18O2/c1-9(8-14)11-7-10(13(2,3)4)5-6-12(11)15/h5-9,15H,1-4H3. The Bertz CT molecular complexity index is 361. The molecule has 0 saturated carbocycles. The highest BCUT2D eigenvalue weighted by atomic mass is 16.3. The molecule has 0 aliphatic carbocycles. The summed E-state index contributed by atoms with van der Waals surface area (Å²) < 4.78 is 0. The molecule has 0 bridgehead atoms. The van der Waals surface area contributed by atoms with E-state index in [-0.39, 0.29) is 17.1 Å². The summed E-state index contributed by atoms with van der Waals surface area (Å²) in [4.78, 5) is 10.7. The summed E-state index contributed by atoms with van der Waals surface area (Å²) in [6.07, 6.45) is 0.849. The third-order valence-corrected chi connectivity index (χ3v) is 2.59. The molecule has 1 N–H and O–H groups in total. The molecule has 0 aromatic heterocycles. The molecule has 1 rings (SSSR count). The summed E-state index contributed by atoms with van der Waals surface area (Å²) in [7, 11) is 0. The van der Waals surface area contributed by atoms with Crippen molar-refractivity contribution in [2.24, 2.45) is 0 Å². The van der Waals surface area contributed by atoms with Crippen LogP contribution in [-0.4, -0.2) is 11.4 Å². The maximum atomic E-state index is 10.7. The fourth-order valence-corrected chi connectivity index (χ4v) is 1.46. The number of phenols is 1. The first-order chi connectivity index (χ1) is 6.86. The van der Waals surface area contributed by atoms with E-state index in [0.29, 0.717) is 5.56 Å². The molecule has 0 heterocycles. The van der Waals surface area contributed by atoms with Crippen LogP contribution in [0.2, 0.25) is 0 Å². The molecule has 2 nitrogen and oxygen atoms in total. The number of carbonyl (C=O) groups excluding carboxylic acids is 1. The average Bonchev–Trinajstić information content (AvgIpc) is 2.15. The minimum absolute atomic E-state index is 0.0328. The largest absolute Gasteiger partial charge is 0.508 e. The van der Waals surface area contributed by atoms with Gasteiger partial charge in [-0.1, -0.05) is 39.8 Å². The summed E-state index contributed by atoms with van der Waals surface area (Å²) >= 11 is 0. The van der Waals surface area contributed by atoms with Gasteiger partial charge in [0.05, 0.1) is 0 Å². The van der Waals surface area contributed by atoms with Crippen LogP contribution in [0.25, 0.3) is 0 Å². The second kappa shape index (κ2) is 4.05. The third-order valence-electron chi connectivity index (χ3n) is 2.59. The van der Waals surface area contributed by atoms with Crippen molar-refractivity contribution in [3.05, 3.63) is 29.3 Å². The lowest BCUT2D eigenvalue weighted by molar-refractivity contribution is -0.108. The summed E-state index contributed by atoms with van der Waals surface area (Å²) in [5.74, 6) is -0.0603. The maximum absolute atomic E-state index is 10.7. The van der Waals surface area contributed by atoms with Crippen LogP contribution in [0.4, 0.5) is 0 Å². The Balaban J connectivity index is 3.22. The SMILES string of the molecule is CC(C=O)c1cc(C(C)(C)C)ccc1O. The van der Waals surface area contributed by atoms with Gasteiger partial charge < -0.3 is 9.90 Å². The molecule has 1 atom stereocenters. The molecule has 0 aliphatic heterocycles. The molecule has 0 spiro atoms. The van der Waals surface area contributed by atoms with Gasteiger partial charge in [-0.3, -0.25) is 0 Å². The molecule has 0 saturated heterocycles. The van der Waals surface area contributed by atoms with Crippen LogP contribution in [0.5, 0.6) is 5.75 Å². The van der Waals surface area contributed by atoms with Gasteiger partial charge in [0, 0.05) is 11.5 Å². The Morgan fingerprint density at radius 2 is 1.93 bits per heavy atom. The van der Waals surface area contributed by atoms with Crippen LogP contribution in [-0.2, 0) is 10.2 Å². The van der Waals surface area contributed by atoms with Crippen molar-refractivity contribution in [2.75, 3.05) is 0 Å². The van der Waals surface area contributed by atoms with Crippen molar-refractivity contribution >= 4 is 6.29 Å². The van der Waals surface area contributed by atoms with Crippen molar-refractivity contribution in [3.63, 3.8) is 0 Å². The highest BCUT2D eigenvalue weighted by molar-refractivity contribution is 5.64. The minimum Gasteiger partial charge on any atom is -0.508 e. The van der Waals surface area contributed by atoms with E-state index in [9.17, 15) is 9.90 Å². The first-order valence-corrected chi connectivity index (χ1v) is 5.15. The molecule has 0 aliphatic rings. The molecular formula is C13H18O2. The zero-order valence-corrected chi connectivity index (χ0v) is 9.74. The fourth-order valence-electron chi connectivity index (χ4n) is 1.46. The van der Waals surface area contributed by atoms with Gasteiger partial charge in [0.2, 0.25) is 0 Å². The van der Waals surface area contributed by atoms with Crippen LogP contribution in [0.1, 0.15) is 44.7 Å². The number of benzene rings is 1. The van der Waals surface area contributed by atoms with Gasteiger partial charge in [0.1, 0.15) is 12.0 Å². The van der Waals surface area contributed by atoms with Crippen LogP contribution in [0.3, 0.4) is 0 Å². The maximum Gasteiger partial charge on any atom is 0.127 e. The second-order valence-electron chi connectivity index (χ2n) is 4.95. The van der Waals surface area contributed by atoms with Gasteiger partial charge in [-0.2, -0.15) is 0 Å². The van der Waals surface area contributed by atoms with Gasteiger partial charge in [0.15, 0.2) is 0 Å². The Morgan fingerprint density at radius 3 is 2.40 bits per heavy atom. The van der Waals surface area contributed by atoms with Crippen molar-refractivity contribution in [1.29, 1.82) is 0 Å². The van der Waals surface area contributed by atoms with Crippen molar-refractivity contribution in [1.82, 2.24) is 0 Å². The molecule has 1 aromatic carbocycles. The number of carbonyl (C=O) groups is 1. The summed E-state index contributed by atoms with van der Waals surface area (Å²) in [5, 5.41) is 9.64. The molecule has 82 valence electrons. The molecule has 0 fully saturated rings. The number of rotatable bonds is 2. The van der Waals surface area contributed by atoms with Crippen LogP contribution < -0.4 is 0 Å². The fraction of sp³-hybridized carbons (Fsp3) is 0.462. The van der Waals surface area contributed by atoms with E-state index in [1.165, 1.54) is 0 Å². The topological polar surface area (TPSA) is 37.3 Å². The third kappa shape index (κ3) is 2.58. The molecule has 1 aromatic rings. The highest BCUT2D eigenvalue weighted by Crippen LogP contribution is 2.30. The van der Waals surface area contributed by atoms with Crippen LogP contribution in [0, 0.1) is 0 Å². The predicted octanol–water partition coefficient (Wildman–Crippen LogP) is 2.99. The first-order valence-electron chi connectivity index (χ1n) is 5.15. The smallest absolute Gasteiger partial charge is 0.127 e. The number of hydrogen-bond acceptors (Lipinski definition) is 2. The van der Waals surface area contributed by atoms with Gasteiger partial charge in [0.25, 0.3) is 0 Å². The van der Waals surface area contributed by atoms with Crippen LogP contribution >= 0.6 is 0 Å². The van der Waals surface area contributed by atoms with E-state index in [0.717, 1.165) is 11.8 Å². The van der Waals surface area contributed by atoms with E-state index in [1.54, 1.807) is 13.0 Å². The average molecular weight is 206 g/mol. The number of aldehydes is 1.